The first-order valence-electron chi connectivity index (χ1n) is 4.55. The first kappa shape index (κ1) is 8.80. The van der Waals surface area contributed by atoms with E-state index in [9.17, 15) is 0 Å². The summed E-state index contributed by atoms with van der Waals surface area (Å²) in [5.74, 6) is 0.761. The largest absolute Gasteiger partial charge is 0.395 e. The lowest BCUT2D eigenvalue weighted by Gasteiger charge is -1.98. The van der Waals surface area contributed by atoms with Gasteiger partial charge in [-0.25, -0.2) is 4.98 Å². The molecule has 2 aromatic rings. The summed E-state index contributed by atoms with van der Waals surface area (Å²) < 4.78 is 1.76. The van der Waals surface area contributed by atoms with E-state index in [2.05, 4.69) is 15.1 Å². The number of aromatic amines is 1. The standard InChI is InChI=1S/C9H13N5/c1-3-6-7(10)8(14(2)13-6)9-11-4-5-12-9/h4-5H,3,10H2,1-2H3,(H,11,12). The number of nitrogens with two attached hydrogens (primary N) is 1. The number of hydrogen-bond donors (Lipinski definition) is 2. The van der Waals surface area contributed by atoms with Crippen molar-refractivity contribution in [2.24, 2.45) is 7.05 Å². The number of rotatable bonds is 2. The number of aromatic nitrogens is 4. The van der Waals surface area contributed by atoms with Crippen LogP contribution in [0.4, 0.5) is 5.69 Å². The van der Waals surface area contributed by atoms with Gasteiger partial charge in [-0.05, 0) is 6.42 Å². The zero-order valence-electron chi connectivity index (χ0n) is 8.28. The Balaban J connectivity index is 2.58. The second-order valence-corrected chi connectivity index (χ2v) is 3.12. The smallest absolute Gasteiger partial charge is 0.157 e. The van der Waals surface area contributed by atoms with Gasteiger partial charge in [0.1, 0.15) is 5.69 Å². The molecule has 74 valence electrons. The third-order valence-electron chi connectivity index (χ3n) is 2.22. The Labute approximate surface area is 82.0 Å². The van der Waals surface area contributed by atoms with E-state index in [0.29, 0.717) is 5.69 Å². The summed E-state index contributed by atoms with van der Waals surface area (Å²) in [5.41, 5.74) is 8.44. The van der Waals surface area contributed by atoms with Crippen molar-refractivity contribution in [3.63, 3.8) is 0 Å². The number of H-pyrrole nitrogens is 1. The van der Waals surface area contributed by atoms with Gasteiger partial charge in [-0.1, -0.05) is 6.92 Å². The average molecular weight is 191 g/mol. The molecule has 0 saturated carbocycles. The molecule has 3 N–H and O–H groups in total. The number of anilines is 1. The van der Waals surface area contributed by atoms with Crippen LogP contribution < -0.4 is 5.73 Å². The minimum absolute atomic E-state index is 0.713. The maximum atomic E-state index is 5.96. The second-order valence-electron chi connectivity index (χ2n) is 3.12. The van der Waals surface area contributed by atoms with Gasteiger partial charge in [0, 0.05) is 19.4 Å². The Kier molecular flexibility index (Phi) is 1.99. The highest BCUT2D eigenvalue weighted by atomic mass is 15.3. The number of imidazole rings is 1. The molecule has 0 aliphatic heterocycles. The van der Waals surface area contributed by atoms with Crippen LogP contribution in [0.15, 0.2) is 12.4 Å². The molecule has 0 fully saturated rings. The van der Waals surface area contributed by atoms with Crippen molar-refractivity contribution in [3.05, 3.63) is 18.1 Å². The lowest BCUT2D eigenvalue weighted by molar-refractivity contribution is 0.749. The van der Waals surface area contributed by atoms with Gasteiger partial charge in [0.2, 0.25) is 0 Å². The number of nitrogens with zero attached hydrogens (tertiary/aromatic N) is 3. The van der Waals surface area contributed by atoms with Gasteiger partial charge < -0.3 is 10.7 Å². The van der Waals surface area contributed by atoms with Gasteiger partial charge in [-0.15, -0.1) is 0 Å². The molecule has 2 rings (SSSR count). The average Bonchev–Trinajstić information content (AvgIpc) is 2.74. The summed E-state index contributed by atoms with van der Waals surface area (Å²) in [4.78, 5) is 7.18. The number of aryl methyl sites for hydroxylation is 2. The summed E-state index contributed by atoms with van der Waals surface area (Å²) in [6.45, 7) is 2.03. The van der Waals surface area contributed by atoms with Crippen molar-refractivity contribution in [2.75, 3.05) is 5.73 Å². The van der Waals surface area contributed by atoms with Gasteiger partial charge in [-0.2, -0.15) is 5.10 Å². The molecule has 0 aliphatic rings. The first-order chi connectivity index (χ1) is 6.74. The van der Waals surface area contributed by atoms with Crippen LogP contribution in [0.25, 0.3) is 11.5 Å². The van der Waals surface area contributed by atoms with Gasteiger partial charge in [0.25, 0.3) is 0 Å². The molecule has 0 atom stereocenters. The monoisotopic (exact) mass is 191 g/mol. The Bertz CT molecular complexity index is 426. The molecule has 2 aromatic heterocycles. The van der Waals surface area contributed by atoms with Crippen LogP contribution in [0.5, 0.6) is 0 Å². The van der Waals surface area contributed by atoms with E-state index in [0.717, 1.165) is 23.6 Å². The highest BCUT2D eigenvalue weighted by Crippen LogP contribution is 2.25. The van der Waals surface area contributed by atoms with Crippen LogP contribution >= 0.6 is 0 Å². The van der Waals surface area contributed by atoms with Crippen molar-refractivity contribution in [1.29, 1.82) is 0 Å². The van der Waals surface area contributed by atoms with Crippen molar-refractivity contribution in [2.45, 2.75) is 13.3 Å². The van der Waals surface area contributed by atoms with Crippen molar-refractivity contribution < 1.29 is 0 Å². The van der Waals surface area contributed by atoms with Gasteiger partial charge >= 0.3 is 0 Å². The van der Waals surface area contributed by atoms with E-state index in [1.54, 1.807) is 17.1 Å². The number of nitrogens with one attached hydrogen (secondary N) is 1. The van der Waals surface area contributed by atoms with Crippen LogP contribution in [0.3, 0.4) is 0 Å². The molecule has 0 aromatic carbocycles. The summed E-state index contributed by atoms with van der Waals surface area (Å²) >= 11 is 0. The van der Waals surface area contributed by atoms with Crippen molar-refractivity contribution >= 4 is 5.69 Å². The fourth-order valence-electron chi connectivity index (χ4n) is 1.53. The Morgan fingerprint density at radius 3 is 2.86 bits per heavy atom. The van der Waals surface area contributed by atoms with Crippen LogP contribution in [-0.2, 0) is 13.5 Å². The fourth-order valence-corrected chi connectivity index (χ4v) is 1.53. The van der Waals surface area contributed by atoms with E-state index in [-0.39, 0.29) is 0 Å². The quantitative estimate of drug-likeness (QED) is 0.742. The topological polar surface area (TPSA) is 72.5 Å². The maximum Gasteiger partial charge on any atom is 0.157 e. The van der Waals surface area contributed by atoms with Crippen molar-refractivity contribution in [1.82, 2.24) is 19.7 Å². The predicted molar refractivity (Wildman–Crippen MR) is 54.6 cm³/mol. The van der Waals surface area contributed by atoms with Crippen LogP contribution in [0.1, 0.15) is 12.6 Å². The minimum Gasteiger partial charge on any atom is -0.395 e. The number of nitrogen functional groups attached to an aromatic ring is 1. The highest BCUT2D eigenvalue weighted by molar-refractivity contribution is 5.69. The molecule has 0 unspecified atom stereocenters. The van der Waals surface area contributed by atoms with Crippen LogP contribution in [0, 0.1) is 0 Å². The molecule has 0 bridgehead atoms. The van der Waals surface area contributed by atoms with Gasteiger partial charge in [0.15, 0.2) is 5.82 Å². The minimum atomic E-state index is 0.713. The summed E-state index contributed by atoms with van der Waals surface area (Å²) in [6.07, 6.45) is 4.31. The summed E-state index contributed by atoms with van der Waals surface area (Å²) in [7, 11) is 1.87. The highest BCUT2D eigenvalue weighted by Gasteiger charge is 2.14. The first-order valence-corrected chi connectivity index (χ1v) is 4.55. The van der Waals surface area contributed by atoms with Crippen LogP contribution in [0.2, 0.25) is 0 Å². The molecule has 2 heterocycles. The molecule has 0 radical (unpaired) electrons. The molecular weight excluding hydrogens is 178 g/mol. The maximum absolute atomic E-state index is 5.96. The lowest BCUT2D eigenvalue weighted by atomic mass is 10.2. The van der Waals surface area contributed by atoms with E-state index < -0.39 is 0 Å². The molecule has 0 aliphatic carbocycles. The molecule has 0 saturated heterocycles. The second kappa shape index (κ2) is 3.17. The molecule has 5 heteroatoms. The van der Waals surface area contributed by atoms with E-state index in [1.165, 1.54) is 0 Å². The van der Waals surface area contributed by atoms with E-state index in [4.69, 9.17) is 5.73 Å². The zero-order chi connectivity index (χ0) is 10.1. The van der Waals surface area contributed by atoms with Gasteiger partial charge in [-0.3, -0.25) is 4.68 Å². The van der Waals surface area contributed by atoms with E-state index in [1.807, 2.05) is 14.0 Å². The fraction of sp³-hybridized carbons (Fsp3) is 0.333. The third kappa shape index (κ3) is 1.17. The Morgan fingerprint density at radius 1 is 1.57 bits per heavy atom. The third-order valence-corrected chi connectivity index (χ3v) is 2.22. The zero-order valence-corrected chi connectivity index (χ0v) is 8.28. The van der Waals surface area contributed by atoms with E-state index >= 15 is 0 Å². The Hall–Kier alpha value is -1.78. The lowest BCUT2D eigenvalue weighted by Crippen LogP contribution is -1.96. The molecule has 0 spiro atoms. The van der Waals surface area contributed by atoms with Gasteiger partial charge in [0.05, 0.1) is 11.4 Å². The van der Waals surface area contributed by atoms with Crippen molar-refractivity contribution in [3.8, 4) is 11.5 Å². The normalized spacial score (nSPS) is 10.7. The SMILES string of the molecule is CCc1nn(C)c(-c2ncc[nH]2)c1N. The summed E-state index contributed by atoms with van der Waals surface area (Å²) in [5, 5.41) is 4.32. The summed E-state index contributed by atoms with van der Waals surface area (Å²) in [6, 6.07) is 0. The molecule has 0 amide bonds. The predicted octanol–water partition coefficient (Wildman–Crippen LogP) is 0.955. The number of hydrogen-bond acceptors (Lipinski definition) is 3. The molecule has 14 heavy (non-hydrogen) atoms. The molecular formula is C9H13N5. The van der Waals surface area contributed by atoms with Crippen LogP contribution in [-0.4, -0.2) is 19.7 Å². The molecule has 5 nitrogen and oxygen atoms in total. The Morgan fingerprint density at radius 2 is 2.36 bits per heavy atom.